The molecule has 0 saturated carbocycles. The molecule has 0 aliphatic rings. The first kappa shape index (κ1) is 46.3. The molecule has 0 saturated heterocycles. The Bertz CT molecular complexity index is 2530. The molecule has 4 aromatic carbocycles. The first-order valence-electron chi connectivity index (χ1n) is 18.6. The average Bonchev–Trinajstić information content (AvgIpc) is 4.00. The summed E-state index contributed by atoms with van der Waals surface area (Å²) >= 11 is 0. The zero-order chi connectivity index (χ0) is 45.0. The van der Waals surface area contributed by atoms with E-state index in [1.165, 1.54) is 19.7 Å². The van der Waals surface area contributed by atoms with Crippen molar-refractivity contribution in [2.24, 2.45) is 0 Å². The summed E-state index contributed by atoms with van der Waals surface area (Å²) in [6.07, 6.45) is 2.21. The molecule has 0 atom stereocenters. The maximum Gasteiger partial charge on any atom is 0.340 e. The van der Waals surface area contributed by atoms with Gasteiger partial charge in [-0.3, -0.25) is 15.0 Å². The Morgan fingerprint density at radius 3 is 1.05 bits per heavy atom. The minimum absolute atomic E-state index is 0.00976. The molecule has 6 aromatic rings. The van der Waals surface area contributed by atoms with Crippen molar-refractivity contribution in [3.8, 4) is 23.0 Å². The van der Waals surface area contributed by atoms with Crippen molar-refractivity contribution in [1.82, 2.24) is 33.9 Å². The van der Waals surface area contributed by atoms with Crippen molar-refractivity contribution < 1.29 is 50.5 Å². The van der Waals surface area contributed by atoms with Gasteiger partial charge in [0.15, 0.2) is 10.1 Å². The van der Waals surface area contributed by atoms with Crippen LogP contribution in [0.5, 0.6) is 23.0 Å². The fraction of sp³-hybridized carbons (Fsp3) is 0.238. The van der Waals surface area contributed by atoms with Gasteiger partial charge in [-0.15, -0.1) is 0 Å². The van der Waals surface area contributed by atoms with Gasteiger partial charge in [0.05, 0.1) is 46.4 Å². The van der Waals surface area contributed by atoms with Gasteiger partial charge in [0.2, 0.25) is 0 Å². The maximum absolute atomic E-state index is 13.6. The number of sulfonamides is 2. The number of carbonyl (C=O) groups excluding carboxylic acids is 1. The van der Waals surface area contributed by atoms with Gasteiger partial charge < -0.3 is 29.0 Å². The van der Waals surface area contributed by atoms with Crippen LogP contribution in [0.4, 0.5) is 0 Å². The molecule has 20 heteroatoms. The molecule has 0 unspecified atom stereocenters. The second-order valence-corrected chi connectivity index (χ2v) is 17.4. The predicted molar refractivity (Wildman–Crippen MR) is 227 cm³/mol. The average molecular weight is 890 g/mol. The molecule has 3 N–H and O–H groups in total. The van der Waals surface area contributed by atoms with Crippen molar-refractivity contribution in [3.05, 3.63) is 143 Å². The standard InChI is InChI=1S/C22H26N4O5S.C20H21N3O6S/c1-25(2)22(27)20-13-23-24-21(20)32(28,29)26(14-16-5-9-18(30-3)10-6-16)15-17-7-11-19(31-4)12-8-17;1-28-16-7-3-14(4-8-16)12-23(13-15-5-9-17(29-2)10-6-15)30(26,27)19-18(20(24)25)11-21-22-19/h5-13H,14-15H2,1-4H3,(H,23,24);3-11H,12-13H2,1-2H3,(H,21,22)(H,24,25). The summed E-state index contributed by atoms with van der Waals surface area (Å²) in [7, 11) is 1.05. The highest BCUT2D eigenvalue weighted by molar-refractivity contribution is 7.89. The van der Waals surface area contributed by atoms with Crippen LogP contribution in [0.3, 0.4) is 0 Å². The lowest BCUT2D eigenvalue weighted by molar-refractivity contribution is 0.0691. The Hall–Kier alpha value is -6.74. The van der Waals surface area contributed by atoms with Crippen molar-refractivity contribution in [2.45, 2.75) is 36.2 Å². The highest BCUT2D eigenvalue weighted by Gasteiger charge is 2.33. The summed E-state index contributed by atoms with van der Waals surface area (Å²) < 4.78 is 77.0. The number of carboxylic acids is 1. The number of ether oxygens (including phenoxy) is 4. The Balaban J connectivity index is 0.000000235. The van der Waals surface area contributed by atoms with E-state index in [9.17, 15) is 31.5 Å². The minimum atomic E-state index is -4.19. The van der Waals surface area contributed by atoms with Gasteiger partial charge in [0.1, 0.15) is 28.6 Å². The van der Waals surface area contributed by atoms with Gasteiger partial charge in [-0.25, -0.2) is 21.6 Å². The molecule has 0 radical (unpaired) electrons. The van der Waals surface area contributed by atoms with Crippen molar-refractivity contribution in [3.63, 3.8) is 0 Å². The normalized spacial score (nSPS) is 11.4. The molecule has 0 aliphatic carbocycles. The number of aromatic nitrogens is 4. The van der Waals surface area contributed by atoms with Crippen LogP contribution in [-0.2, 0) is 46.2 Å². The Morgan fingerprint density at radius 1 is 0.516 bits per heavy atom. The second kappa shape index (κ2) is 20.7. The fourth-order valence-corrected chi connectivity index (χ4v) is 8.90. The van der Waals surface area contributed by atoms with Crippen LogP contribution in [0.2, 0.25) is 0 Å². The number of rotatable bonds is 18. The summed E-state index contributed by atoms with van der Waals surface area (Å²) in [5, 5.41) is 20.9. The molecule has 328 valence electrons. The first-order chi connectivity index (χ1) is 29.6. The quantitative estimate of drug-likeness (QED) is 0.103. The predicted octanol–water partition coefficient (Wildman–Crippen LogP) is 5.04. The van der Waals surface area contributed by atoms with Crippen LogP contribution in [0.25, 0.3) is 0 Å². The molecule has 0 aliphatic heterocycles. The highest BCUT2D eigenvalue weighted by atomic mass is 32.2. The third-order valence-electron chi connectivity index (χ3n) is 9.34. The van der Waals surface area contributed by atoms with Crippen LogP contribution in [0, 0.1) is 0 Å². The van der Waals surface area contributed by atoms with Crippen LogP contribution in [-0.4, -0.2) is 110 Å². The van der Waals surface area contributed by atoms with E-state index in [0.29, 0.717) is 34.1 Å². The number of nitrogens with zero attached hydrogens (tertiary/aromatic N) is 5. The third kappa shape index (κ3) is 11.3. The van der Waals surface area contributed by atoms with E-state index in [0.717, 1.165) is 17.3 Å². The van der Waals surface area contributed by atoms with E-state index in [1.807, 2.05) is 0 Å². The number of methoxy groups -OCH3 is 4. The molecule has 18 nitrogen and oxygen atoms in total. The molecular weight excluding hydrogens is 843 g/mol. The number of carbonyl (C=O) groups is 2. The van der Waals surface area contributed by atoms with Crippen molar-refractivity contribution >= 4 is 31.9 Å². The Labute approximate surface area is 359 Å². The molecule has 2 heterocycles. The minimum Gasteiger partial charge on any atom is -0.497 e. The molecule has 2 aromatic heterocycles. The molecule has 1 amide bonds. The Kier molecular flexibility index (Phi) is 15.5. The van der Waals surface area contributed by atoms with Crippen LogP contribution in [0.1, 0.15) is 43.0 Å². The van der Waals surface area contributed by atoms with Gasteiger partial charge in [-0.1, -0.05) is 48.5 Å². The zero-order valence-corrected chi connectivity index (χ0v) is 36.4. The van der Waals surface area contributed by atoms with E-state index in [1.54, 1.807) is 140 Å². The molecule has 0 bridgehead atoms. The van der Waals surface area contributed by atoms with E-state index >= 15 is 0 Å². The number of hydrogen-bond donors (Lipinski definition) is 3. The SMILES string of the molecule is COc1ccc(CN(Cc2ccc(OC)cc2)S(=O)(=O)c2[nH]ncc2C(=O)N(C)C)cc1.COc1ccc(CN(Cc2ccc(OC)cc2)S(=O)(=O)c2[nH]ncc2C(=O)O)cc1. The maximum atomic E-state index is 13.6. The molecule has 0 spiro atoms. The topological polar surface area (TPSA) is 227 Å². The number of aromatic carboxylic acids is 1. The van der Waals surface area contributed by atoms with Crippen molar-refractivity contribution in [1.29, 1.82) is 0 Å². The van der Waals surface area contributed by atoms with Crippen LogP contribution in [0.15, 0.2) is 120 Å². The number of amides is 1. The second-order valence-electron chi connectivity index (χ2n) is 13.7. The van der Waals surface area contributed by atoms with Crippen molar-refractivity contribution in [2.75, 3.05) is 42.5 Å². The number of nitrogens with one attached hydrogen (secondary N) is 2. The number of carboxylic acid groups (broad SMARTS) is 1. The van der Waals surface area contributed by atoms with E-state index in [-0.39, 0.29) is 36.8 Å². The number of benzene rings is 4. The summed E-state index contributed by atoms with van der Waals surface area (Å²) in [4.78, 5) is 25.3. The smallest absolute Gasteiger partial charge is 0.340 e. The summed E-state index contributed by atoms with van der Waals surface area (Å²) in [6, 6.07) is 28.2. The van der Waals surface area contributed by atoms with Crippen LogP contribution < -0.4 is 18.9 Å². The molecule has 0 fully saturated rings. The number of aromatic amines is 2. The number of H-pyrrole nitrogens is 2. The summed E-state index contributed by atoms with van der Waals surface area (Å²) in [6.45, 7) is 0.229. The van der Waals surface area contributed by atoms with E-state index in [4.69, 9.17) is 18.9 Å². The van der Waals surface area contributed by atoms with Gasteiger partial charge in [0.25, 0.3) is 26.0 Å². The van der Waals surface area contributed by atoms with Gasteiger partial charge in [-0.05, 0) is 70.8 Å². The molecule has 62 heavy (non-hydrogen) atoms. The molecular formula is C42H47N7O11S2. The van der Waals surface area contributed by atoms with Gasteiger partial charge in [-0.2, -0.15) is 18.8 Å². The first-order valence-corrected chi connectivity index (χ1v) is 21.5. The van der Waals surface area contributed by atoms with E-state index in [2.05, 4.69) is 20.4 Å². The highest BCUT2D eigenvalue weighted by Crippen LogP contribution is 2.26. The molecule has 6 rings (SSSR count). The summed E-state index contributed by atoms with van der Waals surface area (Å²) in [5.74, 6) is 0.800. The summed E-state index contributed by atoms with van der Waals surface area (Å²) in [5.41, 5.74) is 2.54. The monoisotopic (exact) mass is 889 g/mol. The Morgan fingerprint density at radius 2 is 0.790 bits per heavy atom. The van der Waals surface area contributed by atoms with Gasteiger partial charge in [0, 0.05) is 40.3 Å². The lowest BCUT2D eigenvalue weighted by Gasteiger charge is -2.23. The van der Waals surface area contributed by atoms with Gasteiger partial charge >= 0.3 is 5.97 Å². The lowest BCUT2D eigenvalue weighted by atomic mass is 10.2. The number of hydrogen-bond acceptors (Lipinski definition) is 12. The lowest BCUT2D eigenvalue weighted by Crippen LogP contribution is -2.32. The third-order valence-corrected chi connectivity index (χ3v) is 12.9. The zero-order valence-electron chi connectivity index (χ0n) is 34.8. The van der Waals surface area contributed by atoms with E-state index < -0.39 is 42.5 Å². The fourth-order valence-electron chi connectivity index (χ4n) is 5.94. The van der Waals surface area contributed by atoms with Crippen LogP contribution >= 0.6 is 0 Å². The largest absolute Gasteiger partial charge is 0.497 e.